The van der Waals surface area contributed by atoms with E-state index in [9.17, 15) is 14.4 Å². The molecule has 1 rings (SSSR count). The predicted molar refractivity (Wildman–Crippen MR) is 76.1 cm³/mol. The van der Waals surface area contributed by atoms with Gasteiger partial charge in [0.2, 0.25) is 11.8 Å². The van der Waals surface area contributed by atoms with Crippen molar-refractivity contribution in [3.05, 3.63) is 0 Å². The first-order valence-corrected chi connectivity index (χ1v) is 7.31. The molecule has 0 aromatic heterocycles. The monoisotopic (exact) mass is 283 g/mol. The van der Waals surface area contributed by atoms with Crippen LogP contribution < -0.4 is 5.32 Å². The molecule has 1 saturated heterocycles. The summed E-state index contributed by atoms with van der Waals surface area (Å²) in [6, 6.07) is -0.271. The molecule has 114 valence electrons. The van der Waals surface area contributed by atoms with Crippen LogP contribution in [0.5, 0.6) is 0 Å². The van der Waals surface area contributed by atoms with Crippen LogP contribution in [0, 0.1) is 5.92 Å². The lowest BCUT2D eigenvalue weighted by Gasteiger charge is -2.15. The lowest BCUT2D eigenvalue weighted by atomic mass is 10.0. The van der Waals surface area contributed by atoms with Gasteiger partial charge in [-0.25, -0.2) is 4.79 Å². The van der Waals surface area contributed by atoms with Gasteiger partial charge in [0.1, 0.15) is 6.54 Å². The molecule has 0 aromatic carbocycles. The molecular formula is C14H25N3O3. The van der Waals surface area contributed by atoms with Crippen molar-refractivity contribution in [2.45, 2.75) is 39.5 Å². The van der Waals surface area contributed by atoms with Crippen molar-refractivity contribution in [3.8, 4) is 0 Å². The number of hydrogen-bond acceptors (Lipinski definition) is 3. The summed E-state index contributed by atoms with van der Waals surface area (Å²) in [5.41, 5.74) is 0. The second-order valence-electron chi connectivity index (χ2n) is 5.27. The molecule has 1 N–H and O–H groups in total. The zero-order valence-electron chi connectivity index (χ0n) is 12.6. The van der Waals surface area contributed by atoms with Crippen LogP contribution in [0.4, 0.5) is 4.79 Å². The summed E-state index contributed by atoms with van der Waals surface area (Å²) in [7, 11) is 1.60. The molecule has 0 spiro atoms. The standard InChI is InChI=1S/C14H25N3O3/c1-4-11(5-2)9-15-12(18)7-6-8-17-13(19)10-16(3)14(17)20/h11H,4-10H2,1-3H3,(H,15,18). The number of nitrogens with one attached hydrogen (secondary N) is 1. The van der Waals surface area contributed by atoms with Gasteiger partial charge in [0, 0.05) is 26.6 Å². The summed E-state index contributed by atoms with van der Waals surface area (Å²) in [6.07, 6.45) is 2.97. The van der Waals surface area contributed by atoms with Gasteiger partial charge in [0.25, 0.3) is 0 Å². The quantitative estimate of drug-likeness (QED) is 0.681. The molecule has 6 heteroatoms. The molecule has 6 nitrogen and oxygen atoms in total. The van der Waals surface area contributed by atoms with Crippen molar-refractivity contribution in [1.82, 2.24) is 15.1 Å². The molecule has 0 aliphatic carbocycles. The molecular weight excluding hydrogens is 258 g/mol. The number of imide groups is 1. The Labute approximate surface area is 120 Å². The van der Waals surface area contributed by atoms with Crippen molar-refractivity contribution in [1.29, 1.82) is 0 Å². The van der Waals surface area contributed by atoms with Gasteiger partial charge in [-0.3, -0.25) is 14.5 Å². The molecule has 20 heavy (non-hydrogen) atoms. The average Bonchev–Trinajstić information content (AvgIpc) is 2.66. The van der Waals surface area contributed by atoms with Crippen molar-refractivity contribution in [2.75, 3.05) is 26.7 Å². The lowest BCUT2D eigenvalue weighted by molar-refractivity contribution is -0.126. The summed E-state index contributed by atoms with van der Waals surface area (Å²) in [5.74, 6) is 0.327. The Morgan fingerprint density at radius 3 is 2.45 bits per heavy atom. The Hall–Kier alpha value is -1.59. The normalized spacial score (nSPS) is 15.4. The topological polar surface area (TPSA) is 69.7 Å². The SMILES string of the molecule is CCC(CC)CNC(=O)CCCN1C(=O)CN(C)C1=O. The molecule has 0 unspecified atom stereocenters. The molecule has 4 amide bonds. The number of urea groups is 1. The van der Waals surface area contributed by atoms with Gasteiger partial charge >= 0.3 is 6.03 Å². The van der Waals surface area contributed by atoms with E-state index < -0.39 is 0 Å². The van der Waals surface area contributed by atoms with E-state index in [1.165, 1.54) is 9.80 Å². The van der Waals surface area contributed by atoms with Crippen LogP contribution in [-0.4, -0.2) is 54.3 Å². The molecule has 0 bridgehead atoms. The maximum Gasteiger partial charge on any atom is 0.326 e. The molecule has 1 fully saturated rings. The van der Waals surface area contributed by atoms with E-state index >= 15 is 0 Å². The van der Waals surface area contributed by atoms with Crippen LogP contribution in [-0.2, 0) is 9.59 Å². The highest BCUT2D eigenvalue weighted by Crippen LogP contribution is 2.09. The highest BCUT2D eigenvalue weighted by molar-refractivity contribution is 6.01. The van der Waals surface area contributed by atoms with Crippen LogP contribution in [0.2, 0.25) is 0 Å². The maximum atomic E-state index is 11.7. The third-order valence-corrected chi connectivity index (χ3v) is 3.76. The minimum Gasteiger partial charge on any atom is -0.356 e. The number of carbonyl (C=O) groups excluding carboxylic acids is 3. The Balaban J connectivity index is 2.22. The lowest BCUT2D eigenvalue weighted by Crippen LogP contribution is -2.34. The fourth-order valence-corrected chi connectivity index (χ4v) is 2.21. The Kier molecular flexibility index (Phi) is 6.48. The molecule has 1 aliphatic rings. The van der Waals surface area contributed by atoms with Crippen LogP contribution in [0.1, 0.15) is 39.5 Å². The number of nitrogens with zero attached hydrogens (tertiary/aromatic N) is 2. The number of likely N-dealkylation sites (N-methyl/N-ethyl adjacent to an activating group) is 1. The van der Waals surface area contributed by atoms with Crippen LogP contribution in [0.15, 0.2) is 0 Å². The maximum absolute atomic E-state index is 11.7. The second-order valence-corrected chi connectivity index (χ2v) is 5.27. The number of amides is 4. The first-order valence-electron chi connectivity index (χ1n) is 7.31. The van der Waals surface area contributed by atoms with E-state index in [2.05, 4.69) is 19.2 Å². The fourth-order valence-electron chi connectivity index (χ4n) is 2.21. The van der Waals surface area contributed by atoms with Crippen molar-refractivity contribution in [2.24, 2.45) is 5.92 Å². The third kappa shape index (κ3) is 4.51. The van der Waals surface area contributed by atoms with E-state index in [4.69, 9.17) is 0 Å². The smallest absolute Gasteiger partial charge is 0.326 e. The van der Waals surface area contributed by atoms with E-state index in [0.29, 0.717) is 31.8 Å². The van der Waals surface area contributed by atoms with Gasteiger partial charge < -0.3 is 10.2 Å². The predicted octanol–water partition coefficient (Wildman–Crippen LogP) is 1.21. The first kappa shape index (κ1) is 16.5. The largest absolute Gasteiger partial charge is 0.356 e. The van der Waals surface area contributed by atoms with Crippen molar-refractivity contribution in [3.63, 3.8) is 0 Å². The second kappa shape index (κ2) is 7.87. The molecule has 1 heterocycles. The average molecular weight is 283 g/mol. The van der Waals surface area contributed by atoms with Crippen LogP contribution in [0.25, 0.3) is 0 Å². The number of hydrogen-bond donors (Lipinski definition) is 1. The van der Waals surface area contributed by atoms with Crippen molar-refractivity contribution >= 4 is 17.8 Å². The first-order chi connectivity index (χ1) is 9.49. The number of carbonyl (C=O) groups is 3. The summed E-state index contributed by atoms with van der Waals surface area (Å²) in [5, 5.41) is 2.90. The van der Waals surface area contributed by atoms with E-state index in [1.54, 1.807) is 7.05 Å². The number of rotatable bonds is 8. The highest BCUT2D eigenvalue weighted by Gasteiger charge is 2.32. The van der Waals surface area contributed by atoms with Gasteiger partial charge in [0.05, 0.1) is 0 Å². The highest BCUT2D eigenvalue weighted by atomic mass is 16.2. The van der Waals surface area contributed by atoms with E-state index in [1.807, 2.05) is 0 Å². The van der Waals surface area contributed by atoms with Gasteiger partial charge in [-0.05, 0) is 12.3 Å². The summed E-state index contributed by atoms with van der Waals surface area (Å²) >= 11 is 0. The zero-order valence-corrected chi connectivity index (χ0v) is 12.6. The molecule has 0 aromatic rings. The van der Waals surface area contributed by atoms with Gasteiger partial charge in [0.15, 0.2) is 0 Å². The minimum absolute atomic E-state index is 0.00986. The van der Waals surface area contributed by atoms with E-state index in [-0.39, 0.29) is 24.4 Å². The fraction of sp³-hybridized carbons (Fsp3) is 0.786. The third-order valence-electron chi connectivity index (χ3n) is 3.76. The summed E-state index contributed by atoms with van der Waals surface area (Å²) in [4.78, 5) is 37.4. The molecule has 0 atom stereocenters. The summed E-state index contributed by atoms with van der Waals surface area (Å²) in [6.45, 7) is 5.39. The van der Waals surface area contributed by atoms with Gasteiger partial charge in [-0.15, -0.1) is 0 Å². The zero-order chi connectivity index (χ0) is 15.1. The Morgan fingerprint density at radius 1 is 1.30 bits per heavy atom. The molecule has 0 radical (unpaired) electrons. The molecule has 1 aliphatic heterocycles. The molecule has 0 saturated carbocycles. The van der Waals surface area contributed by atoms with Gasteiger partial charge in [-0.1, -0.05) is 26.7 Å². The Morgan fingerprint density at radius 2 is 1.95 bits per heavy atom. The van der Waals surface area contributed by atoms with E-state index in [0.717, 1.165) is 12.8 Å². The summed E-state index contributed by atoms with van der Waals surface area (Å²) < 4.78 is 0. The minimum atomic E-state index is -0.271. The van der Waals surface area contributed by atoms with Crippen LogP contribution >= 0.6 is 0 Å². The Bertz CT molecular complexity index is 367. The van der Waals surface area contributed by atoms with Crippen molar-refractivity contribution < 1.29 is 14.4 Å². The van der Waals surface area contributed by atoms with Gasteiger partial charge in [-0.2, -0.15) is 0 Å². The van der Waals surface area contributed by atoms with Crippen LogP contribution in [0.3, 0.4) is 0 Å².